The zero-order valence-electron chi connectivity index (χ0n) is 17.6. The molecule has 0 aliphatic carbocycles. The number of hydrogen-bond acceptors (Lipinski definition) is 5. The quantitative estimate of drug-likeness (QED) is 0.405. The molecule has 4 rings (SSSR count). The Labute approximate surface area is 192 Å². The predicted molar refractivity (Wildman–Crippen MR) is 128 cm³/mol. The Balaban J connectivity index is 1.83. The van der Waals surface area contributed by atoms with E-state index in [-0.39, 0.29) is 10.7 Å². The largest absolute Gasteiger partial charge is 0.338 e. The van der Waals surface area contributed by atoms with Crippen LogP contribution >= 0.6 is 11.6 Å². The van der Waals surface area contributed by atoms with E-state index in [1.54, 1.807) is 48.5 Å². The molecule has 1 heterocycles. The van der Waals surface area contributed by atoms with Gasteiger partial charge in [0.25, 0.3) is 10.0 Å². The van der Waals surface area contributed by atoms with Gasteiger partial charge in [0, 0.05) is 16.3 Å². The maximum absolute atomic E-state index is 13.4. The van der Waals surface area contributed by atoms with Crippen LogP contribution in [-0.2, 0) is 10.0 Å². The molecule has 0 aliphatic heterocycles. The standard InChI is InChI=1S/C24H21ClN4O2S/c1-16-4-8-20(9-5-16)23-24(26-18(3)19-10-12-21(25)13-11-19)29(28-27-23)32(30,31)22-14-6-17(2)7-15-22/h4-15,26H,3H2,1-2H3. The van der Waals surface area contributed by atoms with Crippen molar-refractivity contribution in [3.63, 3.8) is 0 Å². The van der Waals surface area contributed by atoms with Gasteiger partial charge in [-0.3, -0.25) is 0 Å². The summed E-state index contributed by atoms with van der Waals surface area (Å²) in [4.78, 5) is 0.114. The Morgan fingerprint density at radius 3 is 2.06 bits per heavy atom. The highest BCUT2D eigenvalue weighted by Gasteiger charge is 2.26. The van der Waals surface area contributed by atoms with Crippen molar-refractivity contribution in [2.75, 3.05) is 5.32 Å². The van der Waals surface area contributed by atoms with Crippen LogP contribution in [0, 0.1) is 13.8 Å². The van der Waals surface area contributed by atoms with Gasteiger partial charge in [0.2, 0.25) is 0 Å². The van der Waals surface area contributed by atoms with Crippen molar-refractivity contribution >= 4 is 33.1 Å². The van der Waals surface area contributed by atoms with E-state index < -0.39 is 10.0 Å². The van der Waals surface area contributed by atoms with Gasteiger partial charge in [-0.15, -0.1) is 9.19 Å². The van der Waals surface area contributed by atoms with E-state index in [0.717, 1.165) is 26.3 Å². The van der Waals surface area contributed by atoms with Gasteiger partial charge in [-0.05, 0) is 48.9 Å². The molecule has 4 aromatic rings. The van der Waals surface area contributed by atoms with Gasteiger partial charge in [-0.2, -0.15) is 8.42 Å². The number of anilines is 1. The van der Waals surface area contributed by atoms with Crippen LogP contribution in [0.5, 0.6) is 0 Å². The van der Waals surface area contributed by atoms with Crippen LogP contribution in [0.2, 0.25) is 5.02 Å². The number of aryl methyl sites for hydroxylation is 2. The van der Waals surface area contributed by atoms with Gasteiger partial charge < -0.3 is 5.32 Å². The van der Waals surface area contributed by atoms with Crippen LogP contribution < -0.4 is 5.32 Å². The Morgan fingerprint density at radius 1 is 0.906 bits per heavy atom. The van der Waals surface area contributed by atoms with E-state index in [9.17, 15) is 8.42 Å². The van der Waals surface area contributed by atoms with E-state index in [1.165, 1.54) is 0 Å². The molecule has 8 heteroatoms. The molecule has 0 spiro atoms. The Kier molecular flexibility index (Phi) is 5.86. The monoisotopic (exact) mass is 464 g/mol. The first-order valence-corrected chi connectivity index (χ1v) is 11.6. The minimum atomic E-state index is -4.00. The van der Waals surface area contributed by atoms with Crippen LogP contribution in [0.3, 0.4) is 0 Å². The van der Waals surface area contributed by atoms with E-state index in [4.69, 9.17) is 11.6 Å². The fraction of sp³-hybridized carbons (Fsp3) is 0.0833. The fourth-order valence-electron chi connectivity index (χ4n) is 3.13. The molecule has 3 aromatic carbocycles. The fourth-order valence-corrected chi connectivity index (χ4v) is 4.44. The molecule has 1 N–H and O–H groups in total. The second kappa shape index (κ2) is 8.61. The maximum atomic E-state index is 13.4. The summed E-state index contributed by atoms with van der Waals surface area (Å²) in [6.45, 7) is 7.94. The molecule has 0 aliphatic rings. The number of benzene rings is 3. The van der Waals surface area contributed by atoms with Crippen molar-refractivity contribution in [3.8, 4) is 11.3 Å². The summed E-state index contributed by atoms with van der Waals surface area (Å²) >= 11 is 5.99. The van der Waals surface area contributed by atoms with E-state index in [0.29, 0.717) is 16.4 Å². The zero-order valence-corrected chi connectivity index (χ0v) is 19.2. The first kappa shape index (κ1) is 21.8. The summed E-state index contributed by atoms with van der Waals surface area (Å²) < 4.78 is 27.7. The molecule has 0 unspecified atom stereocenters. The van der Waals surface area contributed by atoms with Crippen molar-refractivity contribution in [1.82, 2.24) is 14.4 Å². The van der Waals surface area contributed by atoms with Crippen molar-refractivity contribution in [2.45, 2.75) is 18.7 Å². The summed E-state index contributed by atoms with van der Waals surface area (Å²) in [5.41, 5.74) is 4.40. The molecule has 0 bridgehead atoms. The average Bonchev–Trinajstić information content (AvgIpc) is 3.19. The number of hydrogen-bond donors (Lipinski definition) is 1. The number of halogens is 1. The molecular weight excluding hydrogens is 444 g/mol. The number of nitrogens with one attached hydrogen (secondary N) is 1. The molecule has 0 radical (unpaired) electrons. The second-order valence-corrected chi connectivity index (χ2v) is 9.63. The van der Waals surface area contributed by atoms with E-state index in [2.05, 4.69) is 22.2 Å². The molecule has 0 saturated heterocycles. The average molecular weight is 465 g/mol. The first-order chi connectivity index (χ1) is 15.3. The smallest absolute Gasteiger partial charge is 0.286 e. The summed E-state index contributed by atoms with van der Waals surface area (Å²) in [7, 11) is -4.00. The van der Waals surface area contributed by atoms with Crippen molar-refractivity contribution in [2.24, 2.45) is 0 Å². The van der Waals surface area contributed by atoms with Crippen molar-refractivity contribution in [3.05, 3.63) is 101 Å². The molecule has 0 saturated carbocycles. The Bertz CT molecular complexity index is 1380. The third-order valence-corrected chi connectivity index (χ3v) is 6.81. The van der Waals surface area contributed by atoms with Crippen LogP contribution in [0.25, 0.3) is 17.0 Å². The van der Waals surface area contributed by atoms with E-state index in [1.807, 2.05) is 38.1 Å². The summed E-state index contributed by atoms with van der Waals surface area (Å²) in [5, 5.41) is 11.9. The molecule has 0 atom stereocenters. The van der Waals surface area contributed by atoms with Gasteiger partial charge in [0.15, 0.2) is 5.82 Å². The SMILES string of the molecule is C=C(Nc1c(-c2ccc(C)cc2)nnn1S(=O)(=O)c1ccc(C)cc1)c1ccc(Cl)cc1. The van der Waals surface area contributed by atoms with Gasteiger partial charge in [-0.1, -0.05) is 77.8 Å². The highest BCUT2D eigenvalue weighted by atomic mass is 35.5. The van der Waals surface area contributed by atoms with Gasteiger partial charge in [-0.25, -0.2) is 0 Å². The lowest BCUT2D eigenvalue weighted by atomic mass is 10.1. The van der Waals surface area contributed by atoms with Crippen LogP contribution in [0.4, 0.5) is 5.82 Å². The van der Waals surface area contributed by atoms with E-state index >= 15 is 0 Å². The molecule has 162 valence electrons. The highest BCUT2D eigenvalue weighted by molar-refractivity contribution is 7.90. The molecule has 0 amide bonds. The first-order valence-electron chi connectivity index (χ1n) is 9.82. The van der Waals surface area contributed by atoms with Gasteiger partial charge in [0.05, 0.1) is 4.90 Å². The highest BCUT2D eigenvalue weighted by Crippen LogP contribution is 2.31. The maximum Gasteiger partial charge on any atom is 0.286 e. The Morgan fingerprint density at radius 2 is 1.47 bits per heavy atom. The minimum absolute atomic E-state index is 0.114. The molecule has 1 aromatic heterocycles. The molecule has 0 fully saturated rings. The lowest BCUT2D eigenvalue weighted by Gasteiger charge is -2.14. The predicted octanol–water partition coefficient (Wildman–Crippen LogP) is 5.54. The lowest BCUT2D eigenvalue weighted by Crippen LogP contribution is -2.17. The summed E-state index contributed by atoms with van der Waals surface area (Å²) in [5.74, 6) is 0.203. The summed E-state index contributed by atoms with van der Waals surface area (Å²) in [6.07, 6.45) is 0. The van der Waals surface area contributed by atoms with Crippen molar-refractivity contribution < 1.29 is 8.42 Å². The van der Waals surface area contributed by atoms with Crippen LogP contribution in [0.1, 0.15) is 16.7 Å². The van der Waals surface area contributed by atoms with Crippen LogP contribution in [-0.4, -0.2) is 22.8 Å². The van der Waals surface area contributed by atoms with Gasteiger partial charge in [0.1, 0.15) is 5.69 Å². The number of nitrogens with zero attached hydrogens (tertiary/aromatic N) is 3. The van der Waals surface area contributed by atoms with Gasteiger partial charge >= 0.3 is 0 Å². The number of aromatic nitrogens is 3. The number of rotatable bonds is 6. The molecular formula is C24H21ClN4O2S. The minimum Gasteiger partial charge on any atom is -0.338 e. The molecule has 6 nitrogen and oxygen atoms in total. The lowest BCUT2D eigenvalue weighted by molar-refractivity contribution is 0.578. The topological polar surface area (TPSA) is 76.9 Å². The van der Waals surface area contributed by atoms with Crippen molar-refractivity contribution in [1.29, 1.82) is 0 Å². The molecule has 32 heavy (non-hydrogen) atoms. The third-order valence-electron chi connectivity index (χ3n) is 4.98. The summed E-state index contributed by atoms with van der Waals surface area (Å²) in [6, 6.07) is 21.3. The van der Waals surface area contributed by atoms with Crippen LogP contribution in [0.15, 0.2) is 84.3 Å². The second-order valence-electron chi connectivity index (χ2n) is 7.42. The third kappa shape index (κ3) is 4.30. The zero-order chi connectivity index (χ0) is 22.9. The normalized spacial score (nSPS) is 11.3. The Hall–Kier alpha value is -3.42.